The zero-order chi connectivity index (χ0) is 17.6. The van der Waals surface area contributed by atoms with Gasteiger partial charge in [-0.3, -0.25) is 9.59 Å². The minimum atomic E-state index is -0.132. The molecule has 0 aliphatic carbocycles. The van der Waals surface area contributed by atoms with E-state index in [-0.39, 0.29) is 17.3 Å². The number of benzene rings is 2. The molecule has 1 aliphatic rings. The number of hydrogen-bond donors (Lipinski definition) is 0. The molecule has 1 heterocycles. The first-order chi connectivity index (χ1) is 12.1. The van der Waals surface area contributed by atoms with Crippen LogP contribution in [0, 0.1) is 0 Å². The van der Waals surface area contributed by atoms with E-state index in [0.29, 0.717) is 22.3 Å². The van der Waals surface area contributed by atoms with Gasteiger partial charge in [0.25, 0.3) is 0 Å². The predicted molar refractivity (Wildman–Crippen MR) is 102 cm³/mol. The molecule has 2 aromatic carbocycles. The van der Waals surface area contributed by atoms with Gasteiger partial charge in [0.1, 0.15) is 5.75 Å². The number of aryl methyl sites for hydroxylation is 1. The summed E-state index contributed by atoms with van der Waals surface area (Å²) in [5.74, 6) is 0.491. The fourth-order valence-corrected chi connectivity index (χ4v) is 3.60. The largest absolute Gasteiger partial charge is 0.492 e. The van der Waals surface area contributed by atoms with Crippen molar-refractivity contribution < 1.29 is 14.3 Å². The number of Topliss-reactive ketones (excluding diaryl/α,β-unsaturated/α-hetero) is 1. The lowest BCUT2D eigenvalue weighted by atomic mass is 10.1. The molecular weight excluding hydrogens is 356 g/mol. The van der Waals surface area contributed by atoms with E-state index in [2.05, 4.69) is 12.1 Å². The van der Waals surface area contributed by atoms with Gasteiger partial charge in [-0.25, -0.2) is 0 Å². The standard InChI is InChI=1S/C20H17ClO3S/c21-16-11-15(12-19-17(22)13-20(23)25-19)8-9-18(16)24-10-4-7-14-5-2-1-3-6-14/h1-3,5-6,8-9,11-12H,4,7,10,13H2/b19-12-. The van der Waals surface area contributed by atoms with Crippen LogP contribution in [0.15, 0.2) is 53.4 Å². The fourth-order valence-electron chi connectivity index (χ4n) is 2.52. The molecule has 25 heavy (non-hydrogen) atoms. The van der Waals surface area contributed by atoms with Crippen molar-refractivity contribution in [3.63, 3.8) is 0 Å². The molecule has 0 spiro atoms. The summed E-state index contributed by atoms with van der Waals surface area (Å²) >= 11 is 7.25. The SMILES string of the molecule is O=C1CC(=O)/C(=C/c2ccc(OCCCc3ccccc3)c(Cl)c2)S1. The summed E-state index contributed by atoms with van der Waals surface area (Å²) in [5, 5.41) is 0.386. The van der Waals surface area contributed by atoms with Gasteiger partial charge in [-0.05, 0) is 53.9 Å². The fraction of sp³-hybridized carbons (Fsp3) is 0.200. The van der Waals surface area contributed by atoms with Crippen LogP contribution >= 0.6 is 23.4 Å². The van der Waals surface area contributed by atoms with Crippen molar-refractivity contribution in [2.24, 2.45) is 0 Å². The highest BCUT2D eigenvalue weighted by atomic mass is 35.5. The van der Waals surface area contributed by atoms with Crippen molar-refractivity contribution >= 4 is 40.3 Å². The van der Waals surface area contributed by atoms with E-state index >= 15 is 0 Å². The average Bonchev–Trinajstić information content (AvgIpc) is 2.91. The Morgan fingerprint density at radius 3 is 2.60 bits per heavy atom. The van der Waals surface area contributed by atoms with Gasteiger partial charge in [-0.1, -0.05) is 48.0 Å². The molecule has 0 amide bonds. The quantitative estimate of drug-likeness (QED) is 0.410. The summed E-state index contributed by atoms with van der Waals surface area (Å²) in [7, 11) is 0. The number of carbonyl (C=O) groups is 2. The van der Waals surface area contributed by atoms with Crippen LogP contribution in [0.5, 0.6) is 5.75 Å². The molecule has 0 saturated carbocycles. The third-order valence-corrected chi connectivity index (χ3v) is 5.00. The first kappa shape index (κ1) is 17.8. The minimum absolute atomic E-state index is 0.0210. The predicted octanol–water partition coefficient (Wildman–Crippen LogP) is 4.93. The van der Waals surface area contributed by atoms with Crippen LogP contribution in [-0.2, 0) is 16.0 Å². The molecule has 0 unspecified atom stereocenters. The monoisotopic (exact) mass is 372 g/mol. The Balaban J connectivity index is 1.56. The van der Waals surface area contributed by atoms with Crippen LogP contribution in [0.4, 0.5) is 0 Å². The molecule has 0 aromatic heterocycles. The molecule has 128 valence electrons. The molecule has 5 heteroatoms. The van der Waals surface area contributed by atoms with Crippen molar-refractivity contribution in [2.45, 2.75) is 19.3 Å². The molecule has 3 nitrogen and oxygen atoms in total. The number of thioether (sulfide) groups is 1. The molecule has 0 N–H and O–H groups in total. The second-order valence-electron chi connectivity index (χ2n) is 5.71. The summed E-state index contributed by atoms with van der Waals surface area (Å²) < 4.78 is 5.74. The Bertz CT molecular complexity index is 815. The maximum atomic E-state index is 11.7. The van der Waals surface area contributed by atoms with E-state index in [1.807, 2.05) is 24.3 Å². The van der Waals surface area contributed by atoms with Crippen molar-refractivity contribution in [1.29, 1.82) is 0 Å². The summed E-state index contributed by atoms with van der Waals surface area (Å²) in [5.41, 5.74) is 2.07. The highest BCUT2D eigenvalue weighted by Gasteiger charge is 2.25. The Kier molecular flexibility index (Phi) is 5.95. The van der Waals surface area contributed by atoms with Gasteiger partial charge in [0.05, 0.1) is 23.0 Å². The Hall–Kier alpha value is -2.04. The summed E-state index contributed by atoms with van der Waals surface area (Å²) in [6, 6.07) is 15.6. The molecular formula is C20H17ClO3S. The molecule has 0 bridgehead atoms. The Labute approximate surface area is 156 Å². The van der Waals surface area contributed by atoms with Crippen LogP contribution in [0.25, 0.3) is 6.08 Å². The second kappa shape index (κ2) is 8.37. The van der Waals surface area contributed by atoms with Gasteiger partial charge < -0.3 is 4.74 Å². The average molecular weight is 373 g/mol. The van der Waals surface area contributed by atoms with Crippen LogP contribution in [-0.4, -0.2) is 17.5 Å². The lowest BCUT2D eigenvalue weighted by molar-refractivity contribution is -0.119. The van der Waals surface area contributed by atoms with Gasteiger partial charge in [0, 0.05) is 0 Å². The highest BCUT2D eigenvalue weighted by molar-refractivity contribution is 8.18. The lowest BCUT2D eigenvalue weighted by Crippen LogP contribution is -2.00. The smallest absolute Gasteiger partial charge is 0.201 e. The molecule has 0 radical (unpaired) electrons. The minimum Gasteiger partial charge on any atom is -0.492 e. The Morgan fingerprint density at radius 1 is 1.12 bits per heavy atom. The van der Waals surface area contributed by atoms with Gasteiger partial charge in [0.2, 0.25) is 5.12 Å². The maximum absolute atomic E-state index is 11.7. The van der Waals surface area contributed by atoms with E-state index in [0.717, 1.165) is 30.2 Å². The Morgan fingerprint density at radius 2 is 1.92 bits per heavy atom. The second-order valence-corrected chi connectivity index (χ2v) is 7.22. The molecule has 1 fully saturated rings. The van der Waals surface area contributed by atoms with Crippen molar-refractivity contribution in [2.75, 3.05) is 6.61 Å². The van der Waals surface area contributed by atoms with Crippen LogP contribution in [0.3, 0.4) is 0 Å². The number of rotatable bonds is 6. The van der Waals surface area contributed by atoms with Gasteiger partial charge in [0.15, 0.2) is 5.78 Å². The first-order valence-electron chi connectivity index (χ1n) is 8.04. The van der Waals surface area contributed by atoms with Crippen molar-refractivity contribution in [3.8, 4) is 5.75 Å². The number of ether oxygens (including phenoxy) is 1. The van der Waals surface area contributed by atoms with Crippen LogP contribution in [0.2, 0.25) is 5.02 Å². The zero-order valence-corrected chi connectivity index (χ0v) is 15.1. The zero-order valence-electron chi connectivity index (χ0n) is 13.5. The van der Waals surface area contributed by atoms with E-state index in [4.69, 9.17) is 16.3 Å². The molecule has 2 aromatic rings. The van der Waals surface area contributed by atoms with E-state index in [1.54, 1.807) is 18.2 Å². The molecule has 3 rings (SSSR count). The van der Waals surface area contributed by atoms with Crippen LogP contribution in [0.1, 0.15) is 24.0 Å². The topological polar surface area (TPSA) is 43.4 Å². The summed E-state index contributed by atoms with van der Waals surface area (Å²) in [6.45, 7) is 0.581. The first-order valence-corrected chi connectivity index (χ1v) is 9.23. The number of carbonyl (C=O) groups excluding carboxylic acids is 2. The number of hydrogen-bond acceptors (Lipinski definition) is 4. The van der Waals surface area contributed by atoms with E-state index < -0.39 is 0 Å². The number of halogens is 1. The highest BCUT2D eigenvalue weighted by Crippen LogP contribution is 2.32. The normalized spacial score (nSPS) is 15.8. The van der Waals surface area contributed by atoms with Crippen molar-refractivity contribution in [1.82, 2.24) is 0 Å². The molecule has 0 atom stereocenters. The van der Waals surface area contributed by atoms with Gasteiger partial charge in [-0.15, -0.1) is 0 Å². The van der Waals surface area contributed by atoms with Crippen molar-refractivity contribution in [3.05, 3.63) is 69.6 Å². The maximum Gasteiger partial charge on any atom is 0.201 e. The van der Waals surface area contributed by atoms with E-state index in [1.165, 1.54) is 5.56 Å². The molecule has 1 saturated heterocycles. The third kappa shape index (κ3) is 4.97. The summed E-state index contributed by atoms with van der Waals surface area (Å²) in [6.07, 6.45) is 3.53. The number of ketones is 1. The third-order valence-electron chi connectivity index (χ3n) is 3.77. The van der Waals surface area contributed by atoms with Gasteiger partial charge in [-0.2, -0.15) is 0 Å². The van der Waals surface area contributed by atoms with Gasteiger partial charge >= 0.3 is 0 Å². The molecule has 1 aliphatic heterocycles. The van der Waals surface area contributed by atoms with Crippen LogP contribution < -0.4 is 4.74 Å². The lowest BCUT2D eigenvalue weighted by Gasteiger charge is -2.09. The number of allylic oxidation sites excluding steroid dienone is 1. The van der Waals surface area contributed by atoms with E-state index in [9.17, 15) is 9.59 Å². The summed E-state index contributed by atoms with van der Waals surface area (Å²) in [4.78, 5) is 23.4.